The maximum atomic E-state index is 5.87. The Balaban J connectivity index is 1.75. The topological polar surface area (TPSA) is 90.4 Å². The maximum absolute atomic E-state index is 5.87. The van der Waals surface area contributed by atoms with Crippen LogP contribution in [0.15, 0.2) is 24.3 Å². The predicted molar refractivity (Wildman–Crippen MR) is 93.1 cm³/mol. The molecule has 2 heterocycles. The number of nitrogen functional groups attached to an aromatic ring is 1. The standard InChI is InChI=1S/C17H24N6O/c1-11-6-4-5-7-14(11)19-17-21-15(20-16(18)22-17)10-23-8-12(2)24-13(3)9-23/h4-7,12-13H,8-10H2,1-3H3,(H3,18,19,20,21,22)/p+1/t12-,13+. The van der Waals surface area contributed by atoms with Crippen LogP contribution in [0.2, 0.25) is 0 Å². The van der Waals surface area contributed by atoms with E-state index in [0.29, 0.717) is 18.3 Å². The summed E-state index contributed by atoms with van der Waals surface area (Å²) in [7, 11) is 0. The van der Waals surface area contributed by atoms with E-state index in [1.54, 1.807) is 0 Å². The second kappa shape index (κ2) is 7.11. The van der Waals surface area contributed by atoms with E-state index in [0.717, 1.165) is 24.3 Å². The molecule has 3 rings (SSSR count). The number of quaternary nitrogens is 1. The van der Waals surface area contributed by atoms with Gasteiger partial charge in [-0.1, -0.05) is 18.2 Å². The quantitative estimate of drug-likeness (QED) is 0.765. The molecule has 3 atom stereocenters. The minimum atomic E-state index is 0.241. The van der Waals surface area contributed by atoms with Gasteiger partial charge in [-0.2, -0.15) is 15.0 Å². The van der Waals surface area contributed by atoms with Crippen molar-refractivity contribution in [2.75, 3.05) is 24.1 Å². The van der Waals surface area contributed by atoms with Crippen molar-refractivity contribution in [2.45, 2.75) is 39.5 Å². The van der Waals surface area contributed by atoms with Gasteiger partial charge in [0.1, 0.15) is 31.8 Å². The van der Waals surface area contributed by atoms with Gasteiger partial charge in [-0.3, -0.25) is 0 Å². The Bertz CT molecular complexity index is 697. The summed E-state index contributed by atoms with van der Waals surface area (Å²) in [4.78, 5) is 14.4. The largest absolute Gasteiger partial charge is 0.368 e. The zero-order valence-corrected chi connectivity index (χ0v) is 14.4. The van der Waals surface area contributed by atoms with Crippen molar-refractivity contribution < 1.29 is 9.64 Å². The number of hydrogen-bond donors (Lipinski definition) is 3. The smallest absolute Gasteiger partial charge is 0.232 e. The fourth-order valence-electron chi connectivity index (χ4n) is 3.16. The van der Waals surface area contributed by atoms with Crippen LogP contribution in [0.25, 0.3) is 0 Å². The fourth-order valence-corrected chi connectivity index (χ4v) is 3.16. The predicted octanol–water partition coefficient (Wildman–Crippen LogP) is 0.698. The lowest BCUT2D eigenvalue weighted by Gasteiger charge is -2.31. The fraction of sp³-hybridized carbons (Fsp3) is 0.471. The molecule has 128 valence electrons. The zero-order chi connectivity index (χ0) is 17.1. The summed E-state index contributed by atoms with van der Waals surface area (Å²) in [6.07, 6.45) is 0.486. The highest BCUT2D eigenvalue weighted by Crippen LogP contribution is 2.17. The van der Waals surface area contributed by atoms with Crippen LogP contribution in [-0.2, 0) is 11.3 Å². The summed E-state index contributed by atoms with van der Waals surface area (Å²) in [6.45, 7) is 8.83. The first-order chi connectivity index (χ1) is 11.5. The van der Waals surface area contributed by atoms with Crippen molar-refractivity contribution in [3.63, 3.8) is 0 Å². The molecule has 24 heavy (non-hydrogen) atoms. The van der Waals surface area contributed by atoms with Gasteiger partial charge in [0, 0.05) is 5.69 Å². The molecule has 1 aromatic carbocycles. The Labute approximate surface area is 142 Å². The number of nitrogens with two attached hydrogens (primary N) is 1. The third-order valence-electron chi connectivity index (χ3n) is 4.12. The molecule has 0 amide bonds. The molecule has 7 heteroatoms. The average molecular weight is 329 g/mol. The first-order valence-corrected chi connectivity index (χ1v) is 8.31. The molecule has 0 aliphatic carbocycles. The highest BCUT2D eigenvalue weighted by molar-refractivity contribution is 5.58. The minimum absolute atomic E-state index is 0.241. The summed E-state index contributed by atoms with van der Waals surface area (Å²) >= 11 is 0. The molecule has 1 aliphatic rings. The van der Waals surface area contributed by atoms with Gasteiger partial charge in [-0.15, -0.1) is 0 Å². The van der Waals surface area contributed by atoms with Crippen molar-refractivity contribution in [3.8, 4) is 0 Å². The van der Waals surface area contributed by atoms with E-state index in [9.17, 15) is 0 Å². The highest BCUT2D eigenvalue weighted by atomic mass is 16.5. The van der Waals surface area contributed by atoms with Gasteiger partial charge in [0.05, 0.1) is 0 Å². The van der Waals surface area contributed by atoms with E-state index in [2.05, 4.69) is 34.1 Å². The molecule has 1 aromatic heterocycles. The Morgan fingerprint density at radius 1 is 1.17 bits per heavy atom. The summed E-state index contributed by atoms with van der Waals surface area (Å²) < 4.78 is 5.78. The van der Waals surface area contributed by atoms with Gasteiger partial charge in [-0.25, -0.2) is 0 Å². The van der Waals surface area contributed by atoms with Crippen LogP contribution >= 0.6 is 0 Å². The molecule has 1 fully saturated rings. The van der Waals surface area contributed by atoms with Crippen molar-refractivity contribution in [3.05, 3.63) is 35.7 Å². The third kappa shape index (κ3) is 4.18. The summed E-state index contributed by atoms with van der Waals surface area (Å²) in [5.74, 6) is 1.43. The van der Waals surface area contributed by atoms with Crippen molar-refractivity contribution >= 4 is 17.6 Å². The number of anilines is 3. The summed E-state index contributed by atoms with van der Waals surface area (Å²) in [5, 5.41) is 3.23. The molecular formula is C17H25N6O+. The van der Waals surface area contributed by atoms with Gasteiger partial charge >= 0.3 is 0 Å². The Morgan fingerprint density at radius 3 is 2.58 bits per heavy atom. The third-order valence-corrected chi connectivity index (χ3v) is 4.12. The molecule has 1 saturated heterocycles. The van der Waals surface area contributed by atoms with Crippen LogP contribution < -0.4 is 16.0 Å². The number of morpholine rings is 1. The first kappa shape index (κ1) is 16.6. The molecule has 0 spiro atoms. The number of aryl methyl sites for hydroxylation is 1. The van der Waals surface area contributed by atoms with E-state index in [1.165, 1.54) is 4.90 Å². The number of hydrogen-bond acceptors (Lipinski definition) is 6. The van der Waals surface area contributed by atoms with Crippen LogP contribution in [0.4, 0.5) is 17.6 Å². The molecule has 0 saturated carbocycles. The van der Waals surface area contributed by atoms with Crippen LogP contribution in [-0.4, -0.2) is 40.2 Å². The molecule has 1 unspecified atom stereocenters. The monoisotopic (exact) mass is 329 g/mol. The van der Waals surface area contributed by atoms with E-state index in [4.69, 9.17) is 10.5 Å². The van der Waals surface area contributed by atoms with Gasteiger partial charge in [0.2, 0.25) is 11.9 Å². The Morgan fingerprint density at radius 2 is 1.88 bits per heavy atom. The summed E-state index contributed by atoms with van der Waals surface area (Å²) in [6, 6.07) is 8.00. The van der Waals surface area contributed by atoms with Gasteiger partial charge in [0.15, 0.2) is 5.82 Å². The average Bonchev–Trinajstić information content (AvgIpc) is 2.48. The maximum Gasteiger partial charge on any atom is 0.232 e. The Kier molecular flexibility index (Phi) is 4.92. The second-order valence-corrected chi connectivity index (χ2v) is 6.47. The normalized spacial score (nSPS) is 23.9. The molecule has 7 nitrogen and oxygen atoms in total. The van der Waals surface area contributed by atoms with Crippen molar-refractivity contribution in [1.29, 1.82) is 0 Å². The Hall–Kier alpha value is -2.25. The first-order valence-electron chi connectivity index (χ1n) is 8.31. The van der Waals surface area contributed by atoms with E-state index >= 15 is 0 Å². The van der Waals surface area contributed by atoms with Crippen LogP contribution in [0.5, 0.6) is 0 Å². The van der Waals surface area contributed by atoms with Gasteiger partial charge in [0.25, 0.3) is 0 Å². The molecule has 4 N–H and O–H groups in total. The van der Waals surface area contributed by atoms with E-state index in [1.807, 2.05) is 31.2 Å². The SMILES string of the molecule is Cc1ccccc1Nc1nc(N)nc(C[NH+]2C[C@@H](C)O[C@@H](C)C2)n1. The summed E-state index contributed by atoms with van der Waals surface area (Å²) in [5.41, 5.74) is 7.97. The lowest BCUT2D eigenvalue weighted by Crippen LogP contribution is -3.14. The van der Waals surface area contributed by atoms with E-state index in [-0.39, 0.29) is 18.2 Å². The number of nitrogens with zero attached hydrogens (tertiary/aromatic N) is 3. The molecule has 1 aliphatic heterocycles. The lowest BCUT2D eigenvalue weighted by molar-refractivity contribution is -0.928. The number of ether oxygens (including phenoxy) is 1. The van der Waals surface area contributed by atoms with Crippen LogP contribution in [0.1, 0.15) is 25.2 Å². The van der Waals surface area contributed by atoms with Crippen LogP contribution in [0.3, 0.4) is 0 Å². The number of aromatic nitrogens is 3. The number of benzene rings is 1. The number of rotatable bonds is 4. The number of para-hydroxylation sites is 1. The highest BCUT2D eigenvalue weighted by Gasteiger charge is 2.26. The molecular weight excluding hydrogens is 304 g/mol. The second-order valence-electron chi connectivity index (χ2n) is 6.47. The lowest BCUT2D eigenvalue weighted by atomic mass is 10.2. The van der Waals surface area contributed by atoms with Crippen LogP contribution in [0, 0.1) is 6.92 Å². The van der Waals surface area contributed by atoms with Crippen molar-refractivity contribution in [2.24, 2.45) is 0 Å². The van der Waals surface area contributed by atoms with Crippen molar-refractivity contribution in [1.82, 2.24) is 15.0 Å². The zero-order valence-electron chi connectivity index (χ0n) is 14.4. The van der Waals surface area contributed by atoms with Gasteiger partial charge in [-0.05, 0) is 32.4 Å². The molecule has 2 aromatic rings. The minimum Gasteiger partial charge on any atom is -0.368 e. The number of nitrogens with one attached hydrogen (secondary N) is 2. The molecule has 0 bridgehead atoms. The van der Waals surface area contributed by atoms with E-state index < -0.39 is 0 Å². The molecule has 0 radical (unpaired) electrons. The van der Waals surface area contributed by atoms with Gasteiger partial charge < -0.3 is 20.7 Å².